The van der Waals surface area contributed by atoms with Crippen LogP contribution in [0.1, 0.15) is 0 Å². The summed E-state index contributed by atoms with van der Waals surface area (Å²) in [4.78, 5) is 0. The largest absolute Gasteiger partial charge is 0.483 e. The lowest BCUT2D eigenvalue weighted by atomic mass is 9.86. The summed E-state index contributed by atoms with van der Waals surface area (Å²) < 4.78 is 440. The van der Waals surface area contributed by atoms with Gasteiger partial charge in [0, 0.05) is 0 Å². The molecule has 5 nitrogen and oxygen atoms in total. The van der Waals surface area contributed by atoms with Gasteiger partial charge in [-0.3, -0.25) is 4.55 Å². The standard InChI is InChI=1S/C15HF31O5S/c16-1(17,3(20,21)5(24,25)7(28,29)9(32,33)15(45,46)52(47,48)49)2(18,19)4(22,23)6(26,27)8(30,31)11(37,38)50-13(41,42)14(43,44)51-12(39,40)10(34,35)36/h(H,47,48,49). The SMILES string of the molecule is O=S(=O)(O)C(F)(F)C(F)(F)C(F)(F)C(F)(F)C(F)(F)C(F)(F)C(F)(F)C(F)(F)C(F)(F)C(F)(F)C(F)(F)OC(F)(F)C(F)(F)OC(F)(F)C(F)(F)F. The fourth-order valence-electron chi connectivity index (χ4n) is 2.47. The molecule has 0 atom stereocenters. The van der Waals surface area contributed by atoms with Crippen LogP contribution >= 0.6 is 0 Å². The molecule has 0 radical (unpaired) electrons. The molecule has 0 bridgehead atoms. The highest BCUT2D eigenvalue weighted by Gasteiger charge is 2.99. The van der Waals surface area contributed by atoms with Gasteiger partial charge in [-0.15, -0.1) is 0 Å². The summed E-state index contributed by atoms with van der Waals surface area (Å²) in [5.41, 5.74) is 0. The number of ether oxygens (including phenoxy) is 2. The second-order valence-corrected chi connectivity index (χ2v) is 10.4. The van der Waals surface area contributed by atoms with E-state index in [1.807, 2.05) is 0 Å². The van der Waals surface area contributed by atoms with Gasteiger partial charge in [-0.2, -0.15) is 145 Å². The van der Waals surface area contributed by atoms with Crippen LogP contribution in [-0.2, 0) is 19.6 Å². The van der Waals surface area contributed by atoms with Crippen molar-refractivity contribution >= 4 is 10.1 Å². The Kier molecular flexibility index (Phi) is 11.5. The van der Waals surface area contributed by atoms with Crippen LogP contribution in [0.25, 0.3) is 0 Å². The molecule has 0 fully saturated rings. The molecule has 0 aliphatic heterocycles. The van der Waals surface area contributed by atoms with Gasteiger partial charge in [0.1, 0.15) is 0 Å². The van der Waals surface area contributed by atoms with E-state index in [1.54, 1.807) is 0 Å². The second-order valence-electron chi connectivity index (χ2n) is 8.93. The maximum Gasteiger partial charge on any atom is 0.483 e. The number of alkyl halides is 31. The second kappa shape index (κ2) is 12.1. The summed E-state index contributed by atoms with van der Waals surface area (Å²) in [5.74, 6) is -87.8. The predicted octanol–water partition coefficient (Wildman–Crippen LogP) is 9.15. The molecule has 0 aromatic rings. The molecule has 0 amide bonds. The highest BCUT2D eigenvalue weighted by molar-refractivity contribution is 7.87. The average Bonchev–Trinajstić information content (AvgIpc) is 2.84. The van der Waals surface area contributed by atoms with Gasteiger partial charge in [-0.25, -0.2) is 9.47 Å². The average molecular weight is 882 g/mol. The van der Waals surface area contributed by atoms with Gasteiger partial charge < -0.3 is 0 Å². The van der Waals surface area contributed by atoms with Crippen LogP contribution in [0.15, 0.2) is 0 Å². The maximum atomic E-state index is 13.7. The van der Waals surface area contributed by atoms with Gasteiger partial charge in [0.25, 0.3) is 0 Å². The molecule has 0 heterocycles. The Hall–Kier alpha value is -2.34. The van der Waals surface area contributed by atoms with Crippen molar-refractivity contribution in [1.82, 2.24) is 0 Å². The molecule has 0 aromatic carbocycles. The normalized spacial score (nSPS) is 17.2. The van der Waals surface area contributed by atoms with Crippen LogP contribution in [0.3, 0.4) is 0 Å². The highest BCUT2D eigenvalue weighted by atomic mass is 32.2. The van der Waals surface area contributed by atoms with E-state index in [2.05, 4.69) is 0 Å². The van der Waals surface area contributed by atoms with E-state index in [0.29, 0.717) is 0 Å². The van der Waals surface area contributed by atoms with Gasteiger partial charge in [0.15, 0.2) is 0 Å². The molecule has 0 aliphatic rings. The molecule has 314 valence electrons. The van der Waals surface area contributed by atoms with Crippen molar-refractivity contribution < 1.29 is 159 Å². The van der Waals surface area contributed by atoms with Crippen molar-refractivity contribution in [1.29, 1.82) is 0 Å². The first-order valence-electron chi connectivity index (χ1n) is 10.4. The van der Waals surface area contributed by atoms with Gasteiger partial charge >= 0.3 is 99.3 Å². The van der Waals surface area contributed by atoms with Crippen LogP contribution in [-0.4, -0.2) is 102 Å². The first-order valence-corrected chi connectivity index (χ1v) is 11.8. The van der Waals surface area contributed by atoms with Crippen LogP contribution in [0.4, 0.5) is 136 Å². The van der Waals surface area contributed by atoms with Gasteiger partial charge in [0.05, 0.1) is 0 Å². The Morgan fingerprint density at radius 3 is 0.692 bits per heavy atom. The third kappa shape index (κ3) is 6.47. The minimum Gasteiger partial charge on any atom is -0.281 e. The third-order valence-electron chi connectivity index (χ3n) is 5.39. The molecular formula is C15HF31O5S. The smallest absolute Gasteiger partial charge is 0.281 e. The van der Waals surface area contributed by atoms with Crippen molar-refractivity contribution in [2.24, 2.45) is 0 Å². The van der Waals surface area contributed by atoms with Gasteiger partial charge in [-0.05, 0) is 0 Å². The van der Waals surface area contributed by atoms with Gasteiger partial charge in [0.2, 0.25) is 0 Å². The van der Waals surface area contributed by atoms with Crippen molar-refractivity contribution in [2.45, 2.75) is 89.2 Å². The summed E-state index contributed by atoms with van der Waals surface area (Å²) in [6.45, 7) is 0. The molecular weight excluding hydrogens is 881 g/mol. The number of hydrogen-bond donors (Lipinski definition) is 1. The fourth-order valence-corrected chi connectivity index (χ4v) is 2.92. The van der Waals surface area contributed by atoms with Crippen molar-refractivity contribution in [3.8, 4) is 0 Å². The summed E-state index contributed by atoms with van der Waals surface area (Å²) >= 11 is 0. The topological polar surface area (TPSA) is 72.8 Å². The minimum absolute atomic E-state index is 0.727. The summed E-state index contributed by atoms with van der Waals surface area (Å²) in [6.07, 6.45) is -41.3. The zero-order valence-corrected chi connectivity index (χ0v) is 22.5. The molecule has 0 unspecified atom stereocenters. The number of halogens is 31. The Morgan fingerprint density at radius 2 is 0.481 bits per heavy atom. The number of rotatable bonds is 16. The summed E-state index contributed by atoms with van der Waals surface area (Å²) in [5, 5.41) is -8.36. The molecule has 1 N–H and O–H groups in total. The Morgan fingerprint density at radius 1 is 0.288 bits per heavy atom. The van der Waals surface area contributed by atoms with Crippen molar-refractivity contribution in [2.75, 3.05) is 0 Å². The molecule has 0 saturated heterocycles. The van der Waals surface area contributed by atoms with Crippen LogP contribution in [0.2, 0.25) is 0 Å². The molecule has 52 heavy (non-hydrogen) atoms. The molecule has 37 heteroatoms. The Balaban J connectivity index is 7.38. The predicted molar refractivity (Wildman–Crippen MR) is 89.0 cm³/mol. The lowest BCUT2D eigenvalue weighted by Crippen LogP contribution is -2.78. The zero-order valence-electron chi connectivity index (χ0n) is 21.7. The molecule has 0 saturated carbocycles. The lowest BCUT2D eigenvalue weighted by Gasteiger charge is -2.45. The van der Waals surface area contributed by atoms with E-state index in [-0.39, 0.29) is 0 Å². The molecule has 0 aliphatic carbocycles. The molecule has 0 aromatic heterocycles. The lowest BCUT2D eigenvalue weighted by molar-refractivity contribution is -0.557. The third-order valence-corrected chi connectivity index (χ3v) is 6.30. The van der Waals surface area contributed by atoms with E-state index in [0.717, 1.165) is 9.47 Å². The van der Waals surface area contributed by atoms with Crippen LogP contribution in [0, 0.1) is 0 Å². The molecule has 0 rings (SSSR count). The maximum absolute atomic E-state index is 13.7. The Bertz CT molecular complexity index is 1420. The highest BCUT2D eigenvalue weighted by Crippen LogP contribution is 2.67. The van der Waals surface area contributed by atoms with Crippen molar-refractivity contribution in [3.05, 3.63) is 0 Å². The monoisotopic (exact) mass is 882 g/mol. The minimum atomic E-state index is -10.0. The van der Waals surface area contributed by atoms with E-state index < -0.39 is 99.3 Å². The first kappa shape index (κ1) is 49.7. The zero-order chi connectivity index (χ0) is 43.4. The van der Waals surface area contributed by atoms with E-state index in [4.69, 9.17) is 4.55 Å². The van der Waals surface area contributed by atoms with Crippen molar-refractivity contribution in [3.63, 3.8) is 0 Å². The molecule has 0 spiro atoms. The van der Waals surface area contributed by atoms with E-state index in [1.165, 1.54) is 0 Å². The van der Waals surface area contributed by atoms with Crippen LogP contribution in [0.5, 0.6) is 0 Å². The van der Waals surface area contributed by atoms with Crippen LogP contribution < -0.4 is 0 Å². The Labute approximate surface area is 259 Å². The van der Waals surface area contributed by atoms with E-state index in [9.17, 15) is 145 Å². The number of hydrogen-bond acceptors (Lipinski definition) is 4. The van der Waals surface area contributed by atoms with Gasteiger partial charge in [-0.1, -0.05) is 0 Å². The first-order chi connectivity index (χ1) is 21.7. The summed E-state index contributed by atoms with van der Waals surface area (Å²) in [6, 6.07) is 0. The quantitative estimate of drug-likeness (QED) is 0.124. The van der Waals surface area contributed by atoms with E-state index >= 15 is 0 Å². The summed E-state index contributed by atoms with van der Waals surface area (Å²) in [7, 11) is -8.38. The fraction of sp³-hybridized carbons (Fsp3) is 1.00.